The van der Waals surface area contributed by atoms with Crippen molar-refractivity contribution in [2.45, 2.75) is 16.6 Å². The Morgan fingerprint density at radius 2 is 1.84 bits per heavy atom. The van der Waals surface area contributed by atoms with Crippen LogP contribution >= 0.6 is 11.8 Å². The molecule has 1 heterocycles. The highest BCUT2D eigenvalue weighted by Crippen LogP contribution is 2.35. The maximum Gasteiger partial charge on any atom is 0.336 e. The van der Waals surface area contributed by atoms with Crippen molar-refractivity contribution in [1.82, 2.24) is 0 Å². The Hall–Kier alpha value is -2.80. The maximum absolute atomic E-state index is 12.7. The summed E-state index contributed by atoms with van der Waals surface area (Å²) in [5.74, 6) is -1.09. The lowest BCUT2D eigenvalue weighted by Crippen LogP contribution is -2.31. The molecule has 128 valence electrons. The molecule has 0 aromatic heterocycles. The van der Waals surface area contributed by atoms with E-state index in [1.165, 1.54) is 13.2 Å². The van der Waals surface area contributed by atoms with Crippen LogP contribution in [-0.2, 0) is 9.59 Å². The lowest BCUT2D eigenvalue weighted by Gasteiger charge is -2.15. The van der Waals surface area contributed by atoms with E-state index in [-0.39, 0.29) is 23.8 Å². The number of rotatable bonds is 5. The number of carbonyl (C=O) groups excluding carboxylic acids is 2. The van der Waals surface area contributed by atoms with Crippen molar-refractivity contribution in [2.75, 3.05) is 12.0 Å². The number of hydrogen-bond donors (Lipinski definition) is 1. The van der Waals surface area contributed by atoms with Gasteiger partial charge in [0.1, 0.15) is 5.75 Å². The Labute approximate surface area is 148 Å². The first kappa shape index (κ1) is 17.0. The average Bonchev–Trinajstić information content (AvgIpc) is 2.89. The van der Waals surface area contributed by atoms with Crippen LogP contribution in [0.1, 0.15) is 16.8 Å². The van der Waals surface area contributed by atoms with Gasteiger partial charge in [-0.3, -0.25) is 9.59 Å². The van der Waals surface area contributed by atoms with Crippen molar-refractivity contribution in [2.24, 2.45) is 0 Å². The van der Waals surface area contributed by atoms with Crippen molar-refractivity contribution in [3.05, 3.63) is 54.1 Å². The summed E-state index contributed by atoms with van der Waals surface area (Å²) in [6.45, 7) is 0. The zero-order chi connectivity index (χ0) is 18.0. The van der Waals surface area contributed by atoms with E-state index in [1.54, 1.807) is 42.5 Å². The zero-order valence-corrected chi connectivity index (χ0v) is 14.2. The van der Waals surface area contributed by atoms with Crippen LogP contribution in [0.4, 0.5) is 5.69 Å². The van der Waals surface area contributed by atoms with Crippen molar-refractivity contribution in [1.29, 1.82) is 0 Å². The molecule has 2 amide bonds. The number of ether oxygens (including phenoxy) is 1. The van der Waals surface area contributed by atoms with Crippen LogP contribution < -0.4 is 9.64 Å². The molecule has 2 aromatic carbocycles. The molecule has 1 N–H and O–H groups in total. The number of imide groups is 1. The summed E-state index contributed by atoms with van der Waals surface area (Å²) in [6, 6.07) is 13.1. The summed E-state index contributed by atoms with van der Waals surface area (Å²) in [7, 11) is 1.54. The Bertz CT molecular complexity index is 834. The number of carboxylic acid groups (broad SMARTS) is 1. The van der Waals surface area contributed by atoms with Gasteiger partial charge in [0.2, 0.25) is 11.8 Å². The average molecular weight is 357 g/mol. The van der Waals surface area contributed by atoms with Gasteiger partial charge in [-0.05, 0) is 36.4 Å². The minimum Gasteiger partial charge on any atom is -0.497 e. The summed E-state index contributed by atoms with van der Waals surface area (Å²) in [6.07, 6.45) is 0.0312. The van der Waals surface area contributed by atoms with Crippen molar-refractivity contribution < 1.29 is 24.2 Å². The van der Waals surface area contributed by atoms with Gasteiger partial charge in [0.25, 0.3) is 0 Å². The molecule has 1 unspecified atom stereocenters. The predicted octanol–water partition coefficient (Wildman–Crippen LogP) is 2.82. The van der Waals surface area contributed by atoms with E-state index >= 15 is 0 Å². The first-order valence-electron chi connectivity index (χ1n) is 7.51. The molecule has 1 saturated heterocycles. The topological polar surface area (TPSA) is 83.9 Å². The van der Waals surface area contributed by atoms with Crippen LogP contribution in [-0.4, -0.2) is 35.2 Å². The fourth-order valence-electron chi connectivity index (χ4n) is 2.60. The lowest BCUT2D eigenvalue weighted by molar-refractivity contribution is -0.121. The monoisotopic (exact) mass is 357 g/mol. The number of benzene rings is 2. The number of aromatic carboxylic acids is 1. The van der Waals surface area contributed by atoms with E-state index in [2.05, 4.69) is 0 Å². The second-order valence-electron chi connectivity index (χ2n) is 5.38. The van der Waals surface area contributed by atoms with Crippen LogP contribution in [0.3, 0.4) is 0 Å². The quantitative estimate of drug-likeness (QED) is 0.829. The summed E-state index contributed by atoms with van der Waals surface area (Å²) in [4.78, 5) is 37.9. The predicted molar refractivity (Wildman–Crippen MR) is 93.2 cm³/mol. The largest absolute Gasteiger partial charge is 0.497 e. The van der Waals surface area contributed by atoms with Crippen LogP contribution in [0.2, 0.25) is 0 Å². The van der Waals surface area contributed by atoms with E-state index in [9.17, 15) is 19.5 Å². The molecule has 0 bridgehead atoms. The van der Waals surface area contributed by atoms with E-state index in [0.717, 1.165) is 16.7 Å². The van der Waals surface area contributed by atoms with Gasteiger partial charge in [0, 0.05) is 11.3 Å². The Morgan fingerprint density at radius 3 is 2.48 bits per heavy atom. The van der Waals surface area contributed by atoms with Crippen molar-refractivity contribution in [3.63, 3.8) is 0 Å². The highest BCUT2D eigenvalue weighted by molar-refractivity contribution is 8.00. The molecule has 3 rings (SSSR count). The Kier molecular flexibility index (Phi) is 4.76. The normalized spacial score (nSPS) is 17.0. The van der Waals surface area contributed by atoms with Gasteiger partial charge in [-0.25, -0.2) is 9.69 Å². The molecule has 0 radical (unpaired) electrons. The maximum atomic E-state index is 12.7. The van der Waals surface area contributed by atoms with Gasteiger partial charge in [0.05, 0.1) is 23.6 Å². The molecule has 25 heavy (non-hydrogen) atoms. The second kappa shape index (κ2) is 6.98. The number of hydrogen-bond acceptors (Lipinski definition) is 5. The molecule has 1 aliphatic heterocycles. The molecule has 6 nitrogen and oxygen atoms in total. The van der Waals surface area contributed by atoms with Crippen LogP contribution in [0, 0.1) is 0 Å². The number of carboxylic acids is 1. The number of anilines is 1. The molecule has 7 heteroatoms. The fraction of sp³-hybridized carbons (Fsp3) is 0.167. The van der Waals surface area contributed by atoms with Gasteiger partial charge >= 0.3 is 5.97 Å². The minimum atomic E-state index is -1.06. The van der Waals surface area contributed by atoms with E-state index in [0.29, 0.717) is 16.3 Å². The SMILES string of the molecule is COc1ccc(N2C(=O)CC(Sc3ccccc3C(=O)O)C2=O)cc1. The molecule has 0 spiro atoms. The molecular formula is C18H15NO5S. The molecule has 1 fully saturated rings. The van der Waals surface area contributed by atoms with Crippen LogP contribution in [0.25, 0.3) is 0 Å². The molecule has 1 atom stereocenters. The standard InChI is InChI=1S/C18H15NO5S/c1-24-12-8-6-11(7-9-12)19-16(20)10-15(17(19)21)25-14-5-3-2-4-13(14)18(22)23/h2-9,15H,10H2,1H3,(H,22,23). The number of carbonyl (C=O) groups is 3. The Balaban J connectivity index is 1.83. The van der Waals surface area contributed by atoms with Gasteiger partial charge in [-0.1, -0.05) is 12.1 Å². The highest BCUT2D eigenvalue weighted by Gasteiger charge is 2.40. The first-order chi connectivity index (χ1) is 12.0. The minimum absolute atomic E-state index is 0.0312. The number of amides is 2. The van der Waals surface area contributed by atoms with Crippen molar-refractivity contribution >= 4 is 35.2 Å². The molecule has 1 aliphatic rings. The third-order valence-electron chi connectivity index (χ3n) is 3.82. The van der Waals surface area contributed by atoms with Gasteiger partial charge in [-0.2, -0.15) is 0 Å². The number of methoxy groups -OCH3 is 1. The summed E-state index contributed by atoms with van der Waals surface area (Å²) < 4.78 is 5.07. The van der Waals surface area contributed by atoms with Crippen molar-refractivity contribution in [3.8, 4) is 5.75 Å². The smallest absolute Gasteiger partial charge is 0.336 e. The van der Waals surface area contributed by atoms with Gasteiger partial charge in [0.15, 0.2) is 0 Å². The zero-order valence-electron chi connectivity index (χ0n) is 13.3. The van der Waals surface area contributed by atoms with Crippen LogP contribution in [0.5, 0.6) is 5.75 Å². The highest BCUT2D eigenvalue weighted by atomic mass is 32.2. The van der Waals surface area contributed by atoms with E-state index in [1.807, 2.05) is 0 Å². The van der Waals surface area contributed by atoms with E-state index < -0.39 is 11.2 Å². The third-order valence-corrected chi connectivity index (χ3v) is 5.09. The number of nitrogens with zero attached hydrogens (tertiary/aromatic N) is 1. The summed E-state index contributed by atoms with van der Waals surface area (Å²) in [5, 5.41) is 8.61. The van der Waals surface area contributed by atoms with Gasteiger partial charge < -0.3 is 9.84 Å². The molecule has 2 aromatic rings. The Morgan fingerprint density at radius 1 is 1.16 bits per heavy atom. The summed E-state index contributed by atoms with van der Waals surface area (Å²) in [5.41, 5.74) is 0.598. The van der Waals surface area contributed by atoms with Crippen LogP contribution in [0.15, 0.2) is 53.4 Å². The van der Waals surface area contributed by atoms with Gasteiger partial charge in [-0.15, -0.1) is 11.8 Å². The second-order valence-corrected chi connectivity index (χ2v) is 6.62. The fourth-order valence-corrected chi connectivity index (χ4v) is 3.78. The van der Waals surface area contributed by atoms with E-state index in [4.69, 9.17) is 4.74 Å². The number of thioether (sulfide) groups is 1. The molecule has 0 saturated carbocycles. The molecular weight excluding hydrogens is 342 g/mol. The lowest BCUT2D eigenvalue weighted by atomic mass is 10.2. The first-order valence-corrected chi connectivity index (χ1v) is 8.39. The third kappa shape index (κ3) is 3.36. The summed E-state index contributed by atoms with van der Waals surface area (Å²) >= 11 is 1.11. The molecule has 0 aliphatic carbocycles.